The van der Waals surface area contributed by atoms with E-state index in [2.05, 4.69) is 16.3 Å². The van der Waals surface area contributed by atoms with Crippen molar-refractivity contribution >= 4 is 30.7 Å². The third-order valence-electron chi connectivity index (χ3n) is 4.83. The van der Waals surface area contributed by atoms with E-state index < -0.39 is 0 Å². The molecule has 0 aliphatic carbocycles. The van der Waals surface area contributed by atoms with Gasteiger partial charge in [-0.2, -0.15) is 0 Å². The largest absolute Gasteiger partial charge is 0.496 e. The Bertz CT molecular complexity index is 539. The van der Waals surface area contributed by atoms with Gasteiger partial charge in [0.25, 0.3) is 0 Å². The zero-order chi connectivity index (χ0) is 18.1. The molecule has 0 radical (unpaired) electrons. The van der Waals surface area contributed by atoms with E-state index in [0.717, 1.165) is 24.4 Å². The van der Waals surface area contributed by atoms with Crippen molar-refractivity contribution in [1.29, 1.82) is 0 Å². The molecule has 3 N–H and O–H groups in total. The number of carbonyl (C=O) groups excluding carboxylic acids is 1. The monoisotopic (exact) mass is 421 g/mol. The number of hydrogen-bond acceptors (Lipinski definition) is 5. The van der Waals surface area contributed by atoms with Gasteiger partial charge in [-0.3, -0.25) is 9.69 Å². The van der Waals surface area contributed by atoms with Gasteiger partial charge in [0.1, 0.15) is 5.75 Å². The van der Waals surface area contributed by atoms with Gasteiger partial charge in [0.15, 0.2) is 0 Å². The number of piperidine rings is 1. The number of para-hydroxylation sites is 1. The van der Waals surface area contributed by atoms with Crippen LogP contribution in [0, 0.1) is 0 Å². The maximum atomic E-state index is 12.2. The van der Waals surface area contributed by atoms with Crippen LogP contribution in [0.4, 0.5) is 0 Å². The van der Waals surface area contributed by atoms with E-state index in [-0.39, 0.29) is 49.3 Å². The molecule has 27 heavy (non-hydrogen) atoms. The average Bonchev–Trinajstić information content (AvgIpc) is 2.67. The van der Waals surface area contributed by atoms with Crippen LogP contribution >= 0.6 is 24.8 Å². The first kappa shape index (κ1) is 26.0. The van der Waals surface area contributed by atoms with Gasteiger partial charge in [0.05, 0.1) is 25.7 Å². The number of nitrogens with zero attached hydrogens (tertiary/aromatic N) is 1. The van der Waals surface area contributed by atoms with E-state index in [1.165, 1.54) is 19.3 Å². The van der Waals surface area contributed by atoms with E-state index in [9.17, 15) is 4.79 Å². The van der Waals surface area contributed by atoms with Crippen molar-refractivity contribution < 1.29 is 14.3 Å². The summed E-state index contributed by atoms with van der Waals surface area (Å²) in [5.74, 6) is 0.832. The summed E-state index contributed by atoms with van der Waals surface area (Å²) in [7, 11) is 3.27. The normalized spacial score (nSPS) is 16.4. The number of methoxy groups -OCH3 is 2. The van der Waals surface area contributed by atoms with Crippen molar-refractivity contribution in [3.8, 4) is 5.75 Å². The smallest absolute Gasteiger partial charge is 0.222 e. The first-order valence-electron chi connectivity index (χ1n) is 9.06. The Morgan fingerprint density at radius 1 is 1.19 bits per heavy atom. The van der Waals surface area contributed by atoms with Crippen LogP contribution in [0.15, 0.2) is 24.3 Å². The molecule has 1 fully saturated rings. The minimum absolute atomic E-state index is 0. The number of nitrogens with one attached hydrogen (secondary N) is 1. The zero-order valence-corrected chi connectivity index (χ0v) is 17.8. The van der Waals surface area contributed by atoms with Crippen LogP contribution in [0.25, 0.3) is 0 Å². The summed E-state index contributed by atoms with van der Waals surface area (Å²) in [6.45, 7) is 2.98. The van der Waals surface area contributed by atoms with Crippen LogP contribution in [0.2, 0.25) is 0 Å². The van der Waals surface area contributed by atoms with Gasteiger partial charge in [-0.1, -0.05) is 24.6 Å². The number of benzene rings is 1. The molecule has 2 atom stereocenters. The van der Waals surface area contributed by atoms with Crippen LogP contribution in [0.3, 0.4) is 0 Å². The van der Waals surface area contributed by atoms with Crippen molar-refractivity contribution in [2.75, 3.05) is 40.4 Å². The predicted molar refractivity (Wildman–Crippen MR) is 113 cm³/mol. The summed E-state index contributed by atoms with van der Waals surface area (Å²) in [6.07, 6.45) is 3.70. The van der Waals surface area contributed by atoms with Gasteiger partial charge >= 0.3 is 0 Å². The molecule has 1 aliphatic heterocycles. The van der Waals surface area contributed by atoms with E-state index in [1.54, 1.807) is 14.2 Å². The highest BCUT2D eigenvalue weighted by Crippen LogP contribution is 2.30. The minimum Gasteiger partial charge on any atom is -0.496 e. The molecule has 2 rings (SSSR count). The number of halogens is 2. The standard InChI is InChI=1S/C19H31N3O3.2ClH/c1-24-15(13-20)12-19(23)21-14-17(22-10-6-3-7-11-22)16-8-4-5-9-18(16)25-2;;/h4-5,8-9,15,17H,3,6-7,10-14,20H2,1-2H3,(H,21,23);2*1H. The lowest BCUT2D eigenvalue weighted by Gasteiger charge is -2.35. The summed E-state index contributed by atoms with van der Waals surface area (Å²) in [5, 5.41) is 3.06. The predicted octanol–water partition coefficient (Wildman–Crippen LogP) is 2.55. The lowest BCUT2D eigenvalue weighted by atomic mass is 10.0. The fraction of sp³-hybridized carbons (Fsp3) is 0.632. The average molecular weight is 422 g/mol. The maximum Gasteiger partial charge on any atom is 0.222 e. The molecule has 8 heteroatoms. The van der Waals surface area contributed by atoms with Gasteiger partial charge < -0.3 is 20.5 Å². The SMILES string of the molecule is COc1ccccc1C(CNC(=O)CC(CN)OC)N1CCCCC1.Cl.Cl. The summed E-state index contributed by atoms with van der Waals surface area (Å²) in [5.41, 5.74) is 6.72. The Morgan fingerprint density at radius 3 is 2.44 bits per heavy atom. The maximum absolute atomic E-state index is 12.2. The molecule has 1 aromatic carbocycles. The van der Waals surface area contributed by atoms with Crippen LogP contribution in [0.1, 0.15) is 37.3 Å². The zero-order valence-electron chi connectivity index (χ0n) is 16.2. The Kier molecular flexibility index (Phi) is 13.5. The molecule has 0 spiro atoms. The van der Waals surface area contributed by atoms with Crippen LogP contribution in [0.5, 0.6) is 5.75 Å². The fourth-order valence-electron chi connectivity index (χ4n) is 3.36. The second-order valence-electron chi connectivity index (χ2n) is 6.46. The Labute approximate surface area is 175 Å². The van der Waals surface area contributed by atoms with Gasteiger partial charge in [0, 0.05) is 25.8 Å². The van der Waals surface area contributed by atoms with Crippen molar-refractivity contribution in [3.05, 3.63) is 29.8 Å². The molecule has 0 saturated carbocycles. The second kappa shape index (κ2) is 14.0. The first-order chi connectivity index (χ1) is 12.2. The molecule has 1 amide bonds. The number of likely N-dealkylation sites (tertiary alicyclic amines) is 1. The summed E-state index contributed by atoms with van der Waals surface area (Å²) >= 11 is 0. The number of ether oxygens (including phenoxy) is 2. The van der Waals surface area contributed by atoms with Crippen LogP contribution in [-0.4, -0.2) is 57.3 Å². The van der Waals surface area contributed by atoms with Crippen LogP contribution in [-0.2, 0) is 9.53 Å². The third kappa shape index (κ3) is 7.84. The summed E-state index contributed by atoms with van der Waals surface area (Å²) < 4.78 is 10.7. The lowest BCUT2D eigenvalue weighted by molar-refractivity contribution is -0.123. The molecule has 0 bridgehead atoms. The van der Waals surface area contributed by atoms with Crippen LogP contribution < -0.4 is 15.8 Å². The van der Waals surface area contributed by atoms with E-state index in [4.69, 9.17) is 15.2 Å². The van der Waals surface area contributed by atoms with E-state index >= 15 is 0 Å². The van der Waals surface area contributed by atoms with Crippen molar-refractivity contribution in [2.24, 2.45) is 5.73 Å². The number of amides is 1. The second-order valence-corrected chi connectivity index (χ2v) is 6.46. The molecular weight excluding hydrogens is 389 g/mol. The van der Waals surface area contributed by atoms with Crippen molar-refractivity contribution in [1.82, 2.24) is 10.2 Å². The Hall–Kier alpha value is -1.05. The quantitative estimate of drug-likeness (QED) is 0.640. The van der Waals surface area contributed by atoms with Gasteiger partial charge in [0.2, 0.25) is 5.91 Å². The number of hydrogen-bond donors (Lipinski definition) is 2. The molecule has 1 aromatic rings. The van der Waals surface area contributed by atoms with Gasteiger partial charge in [-0.05, 0) is 32.0 Å². The number of rotatable bonds is 9. The molecular formula is C19H33Cl2N3O3. The molecule has 1 saturated heterocycles. The highest BCUT2D eigenvalue weighted by molar-refractivity contribution is 5.85. The first-order valence-corrected chi connectivity index (χ1v) is 9.06. The fourth-order valence-corrected chi connectivity index (χ4v) is 3.36. The van der Waals surface area contributed by atoms with Gasteiger partial charge in [-0.25, -0.2) is 0 Å². The summed E-state index contributed by atoms with van der Waals surface area (Å²) in [6, 6.07) is 8.16. The summed E-state index contributed by atoms with van der Waals surface area (Å²) in [4.78, 5) is 14.7. The molecule has 1 heterocycles. The molecule has 156 valence electrons. The van der Waals surface area contributed by atoms with Crippen molar-refractivity contribution in [3.63, 3.8) is 0 Å². The Morgan fingerprint density at radius 2 is 1.85 bits per heavy atom. The Balaban J connectivity index is 0.00000338. The van der Waals surface area contributed by atoms with Gasteiger partial charge in [-0.15, -0.1) is 24.8 Å². The highest BCUT2D eigenvalue weighted by atomic mass is 35.5. The minimum atomic E-state index is -0.236. The molecule has 2 unspecified atom stereocenters. The molecule has 1 aliphatic rings. The molecule has 6 nitrogen and oxygen atoms in total. The molecule has 0 aromatic heterocycles. The van der Waals surface area contributed by atoms with E-state index in [0.29, 0.717) is 13.1 Å². The van der Waals surface area contributed by atoms with Crippen molar-refractivity contribution in [2.45, 2.75) is 37.8 Å². The third-order valence-corrected chi connectivity index (χ3v) is 4.83. The number of nitrogens with two attached hydrogens (primary N) is 1. The topological polar surface area (TPSA) is 76.8 Å². The highest BCUT2D eigenvalue weighted by Gasteiger charge is 2.25. The number of carbonyl (C=O) groups is 1. The van der Waals surface area contributed by atoms with E-state index in [1.807, 2.05) is 18.2 Å². The lowest BCUT2D eigenvalue weighted by Crippen LogP contribution is -2.41.